The second-order valence-electron chi connectivity index (χ2n) is 7.43. The van der Waals surface area contributed by atoms with Gasteiger partial charge >= 0.3 is 5.97 Å². The topological polar surface area (TPSA) is 92.1 Å². The van der Waals surface area contributed by atoms with Gasteiger partial charge in [0.25, 0.3) is 0 Å². The number of aromatic nitrogens is 1. The lowest BCUT2D eigenvalue weighted by Crippen LogP contribution is -2.16. The number of carbonyl (C=O) groups excluding carboxylic acids is 2. The molecule has 170 valence electrons. The minimum absolute atomic E-state index is 0.0416. The van der Waals surface area contributed by atoms with Crippen molar-refractivity contribution in [1.82, 2.24) is 4.98 Å². The van der Waals surface area contributed by atoms with E-state index in [1.54, 1.807) is 13.0 Å². The van der Waals surface area contributed by atoms with Gasteiger partial charge in [-0.25, -0.2) is 9.78 Å². The van der Waals surface area contributed by atoms with Gasteiger partial charge in [-0.3, -0.25) is 4.79 Å². The van der Waals surface area contributed by atoms with Crippen LogP contribution in [0.25, 0.3) is 22.0 Å². The number of amides is 1. The van der Waals surface area contributed by atoms with Crippen molar-refractivity contribution in [2.24, 2.45) is 0 Å². The summed E-state index contributed by atoms with van der Waals surface area (Å²) in [7, 11) is 0. The van der Waals surface area contributed by atoms with Crippen LogP contribution in [0.5, 0.6) is 0 Å². The van der Waals surface area contributed by atoms with Gasteiger partial charge < -0.3 is 10.1 Å². The average molecular weight is 488 g/mol. The average Bonchev–Trinajstić information content (AvgIpc) is 3.26. The Balaban J connectivity index is 1.55. The second kappa shape index (κ2) is 10.5. The van der Waals surface area contributed by atoms with Crippen molar-refractivity contribution in [3.63, 3.8) is 0 Å². The van der Waals surface area contributed by atoms with E-state index < -0.39 is 5.97 Å². The van der Waals surface area contributed by atoms with Gasteiger partial charge in [0.05, 0.1) is 23.4 Å². The monoisotopic (exact) mass is 487 g/mol. The fraction of sp³-hybridized carbons (Fsp3) is 0.154. The smallest absolute Gasteiger partial charge is 0.341 e. The van der Waals surface area contributed by atoms with E-state index in [-0.39, 0.29) is 18.3 Å². The molecule has 4 rings (SSSR count). The number of fused-ring (bicyclic) bond motifs is 1. The van der Waals surface area contributed by atoms with Crippen LogP contribution in [-0.4, -0.2) is 29.2 Å². The highest BCUT2D eigenvalue weighted by molar-refractivity contribution is 8.00. The van der Waals surface area contributed by atoms with E-state index in [9.17, 15) is 14.9 Å². The number of ether oxygens (including phenoxy) is 1. The molecule has 0 unspecified atom stereocenters. The number of nitriles is 1. The molecule has 34 heavy (non-hydrogen) atoms. The number of anilines is 1. The lowest BCUT2D eigenvalue weighted by molar-refractivity contribution is -0.113. The zero-order chi connectivity index (χ0) is 24.1. The summed E-state index contributed by atoms with van der Waals surface area (Å²) in [4.78, 5) is 30.0. The van der Waals surface area contributed by atoms with E-state index in [2.05, 4.69) is 16.4 Å². The maximum atomic E-state index is 12.8. The number of pyridine rings is 1. The number of rotatable bonds is 7. The number of hydrogen-bond acceptors (Lipinski definition) is 7. The van der Waals surface area contributed by atoms with Crippen LogP contribution in [0.2, 0.25) is 0 Å². The van der Waals surface area contributed by atoms with Gasteiger partial charge in [-0.15, -0.1) is 11.3 Å². The minimum atomic E-state index is -0.483. The largest absolute Gasteiger partial charge is 0.462 e. The van der Waals surface area contributed by atoms with Crippen molar-refractivity contribution in [2.45, 2.75) is 18.9 Å². The van der Waals surface area contributed by atoms with Gasteiger partial charge in [0.1, 0.15) is 21.7 Å². The molecule has 6 nitrogen and oxygen atoms in total. The molecule has 0 atom stereocenters. The maximum absolute atomic E-state index is 12.8. The van der Waals surface area contributed by atoms with Crippen molar-refractivity contribution >= 4 is 50.9 Å². The molecule has 0 aliphatic heterocycles. The molecule has 0 fully saturated rings. The summed E-state index contributed by atoms with van der Waals surface area (Å²) in [5.41, 5.74) is 4.19. The molecule has 0 spiro atoms. The molecule has 2 heterocycles. The predicted molar refractivity (Wildman–Crippen MR) is 136 cm³/mol. The summed E-state index contributed by atoms with van der Waals surface area (Å²) in [6, 6.07) is 19.3. The maximum Gasteiger partial charge on any atom is 0.341 e. The predicted octanol–water partition coefficient (Wildman–Crippen LogP) is 6.05. The van der Waals surface area contributed by atoms with Crippen LogP contribution >= 0.6 is 23.1 Å². The summed E-state index contributed by atoms with van der Waals surface area (Å²) in [6.07, 6.45) is 0. The number of carbonyl (C=O) groups is 2. The quantitative estimate of drug-likeness (QED) is 0.252. The molecular weight excluding hydrogens is 466 g/mol. The van der Waals surface area contributed by atoms with E-state index in [1.165, 1.54) is 23.1 Å². The first kappa shape index (κ1) is 23.5. The Morgan fingerprint density at radius 3 is 2.71 bits per heavy atom. The lowest BCUT2D eigenvalue weighted by atomic mass is 10.0. The first-order chi connectivity index (χ1) is 16.5. The third-order valence-electron chi connectivity index (χ3n) is 5.00. The Morgan fingerprint density at radius 1 is 1.18 bits per heavy atom. The van der Waals surface area contributed by atoms with Crippen LogP contribution in [0.1, 0.15) is 28.4 Å². The van der Waals surface area contributed by atoms with Gasteiger partial charge in [0.2, 0.25) is 5.91 Å². The van der Waals surface area contributed by atoms with E-state index >= 15 is 0 Å². The first-order valence-electron chi connectivity index (χ1n) is 10.6. The van der Waals surface area contributed by atoms with Crippen LogP contribution in [0.15, 0.2) is 65.0 Å². The number of esters is 1. The van der Waals surface area contributed by atoms with Crippen LogP contribution < -0.4 is 5.32 Å². The minimum Gasteiger partial charge on any atom is -0.462 e. The SMILES string of the molecule is CCOC(=O)c1c(-c2ccccc2)csc1NC(=O)CSc1nc2ccc(C)cc2cc1C#N. The number of aryl methyl sites for hydroxylation is 1. The summed E-state index contributed by atoms with van der Waals surface area (Å²) >= 11 is 2.46. The van der Waals surface area contributed by atoms with E-state index in [0.717, 1.165) is 22.0 Å². The Kier molecular flexibility index (Phi) is 7.26. The van der Waals surface area contributed by atoms with Gasteiger partial charge in [0.15, 0.2) is 0 Å². The zero-order valence-electron chi connectivity index (χ0n) is 18.6. The fourth-order valence-electron chi connectivity index (χ4n) is 3.45. The molecular formula is C26H21N3O3S2. The second-order valence-corrected chi connectivity index (χ2v) is 9.27. The number of thioether (sulfide) groups is 1. The zero-order valence-corrected chi connectivity index (χ0v) is 20.3. The Hall–Kier alpha value is -3.67. The number of thiophene rings is 1. The molecule has 0 aliphatic rings. The van der Waals surface area contributed by atoms with E-state index in [1.807, 2.05) is 60.8 Å². The highest BCUT2D eigenvalue weighted by Gasteiger charge is 2.23. The Labute approximate surface area is 205 Å². The molecule has 0 saturated heterocycles. The first-order valence-corrected chi connectivity index (χ1v) is 12.4. The van der Waals surface area contributed by atoms with Crippen LogP contribution in [0.3, 0.4) is 0 Å². The molecule has 2 aromatic carbocycles. The van der Waals surface area contributed by atoms with Gasteiger partial charge in [-0.05, 0) is 37.6 Å². The normalized spacial score (nSPS) is 10.6. The Morgan fingerprint density at radius 2 is 1.97 bits per heavy atom. The van der Waals surface area contributed by atoms with Crippen molar-refractivity contribution in [2.75, 3.05) is 17.7 Å². The number of nitrogens with one attached hydrogen (secondary N) is 1. The summed E-state index contributed by atoms with van der Waals surface area (Å²) in [5, 5.41) is 16.0. The van der Waals surface area contributed by atoms with Crippen molar-refractivity contribution in [3.8, 4) is 17.2 Å². The highest BCUT2D eigenvalue weighted by Crippen LogP contribution is 2.36. The molecule has 0 radical (unpaired) electrons. The molecule has 1 amide bonds. The number of benzene rings is 2. The lowest BCUT2D eigenvalue weighted by Gasteiger charge is -2.09. The third-order valence-corrected chi connectivity index (χ3v) is 6.89. The molecule has 0 aliphatic carbocycles. The van der Waals surface area contributed by atoms with Crippen LogP contribution in [0.4, 0.5) is 5.00 Å². The van der Waals surface area contributed by atoms with Crippen molar-refractivity contribution in [1.29, 1.82) is 5.26 Å². The highest BCUT2D eigenvalue weighted by atomic mass is 32.2. The van der Waals surface area contributed by atoms with Crippen LogP contribution in [0, 0.1) is 18.3 Å². The van der Waals surface area contributed by atoms with Gasteiger partial charge in [0, 0.05) is 16.3 Å². The Bertz CT molecular complexity index is 1410. The standard InChI is InChI=1S/C26H21N3O3S2/c1-3-32-26(31)23-20(17-7-5-4-6-8-17)14-33-25(23)29-22(30)15-34-24-19(13-27)12-18-11-16(2)9-10-21(18)28-24/h4-12,14H,3,15H2,1-2H3,(H,29,30). The summed E-state index contributed by atoms with van der Waals surface area (Å²) in [5.74, 6) is -0.740. The third kappa shape index (κ3) is 5.11. The number of nitrogens with zero attached hydrogens (tertiary/aromatic N) is 2. The van der Waals surface area contributed by atoms with E-state index in [0.29, 0.717) is 26.7 Å². The van der Waals surface area contributed by atoms with Gasteiger partial charge in [-0.2, -0.15) is 5.26 Å². The molecule has 4 aromatic rings. The molecule has 2 aromatic heterocycles. The van der Waals surface area contributed by atoms with Crippen LogP contribution in [-0.2, 0) is 9.53 Å². The molecule has 0 saturated carbocycles. The summed E-state index contributed by atoms with van der Waals surface area (Å²) in [6.45, 7) is 3.96. The van der Waals surface area contributed by atoms with Crippen molar-refractivity contribution in [3.05, 3.63) is 76.7 Å². The van der Waals surface area contributed by atoms with E-state index in [4.69, 9.17) is 4.74 Å². The summed E-state index contributed by atoms with van der Waals surface area (Å²) < 4.78 is 5.24. The molecule has 0 bridgehead atoms. The number of hydrogen-bond donors (Lipinski definition) is 1. The van der Waals surface area contributed by atoms with Gasteiger partial charge in [-0.1, -0.05) is 53.7 Å². The van der Waals surface area contributed by atoms with Crippen molar-refractivity contribution < 1.29 is 14.3 Å². The molecule has 8 heteroatoms. The fourth-order valence-corrected chi connectivity index (χ4v) is 5.19. The molecule has 1 N–H and O–H groups in total.